The van der Waals surface area contributed by atoms with E-state index >= 15 is 0 Å². The molecule has 0 saturated carbocycles. The highest BCUT2D eigenvalue weighted by molar-refractivity contribution is 6.31. The molecule has 4 rings (SSSR count). The van der Waals surface area contributed by atoms with Gasteiger partial charge in [0.25, 0.3) is 17.5 Å². The predicted molar refractivity (Wildman–Crippen MR) is 119 cm³/mol. The molecule has 1 aliphatic rings. The van der Waals surface area contributed by atoms with Crippen molar-refractivity contribution in [2.45, 2.75) is 20.4 Å². The average Bonchev–Trinajstić information content (AvgIpc) is 3.41. The van der Waals surface area contributed by atoms with Crippen LogP contribution in [-0.2, 0) is 16.1 Å². The topological polar surface area (TPSA) is 137 Å². The van der Waals surface area contributed by atoms with Crippen molar-refractivity contribution in [1.29, 1.82) is 0 Å². The molecule has 2 aromatic heterocycles. The van der Waals surface area contributed by atoms with Gasteiger partial charge in [0, 0.05) is 11.4 Å². The molecule has 4 amide bonds. The normalized spacial score (nSPS) is 15.1. The standard InChI is InChI=1S/C23H20N4O7/c1-13-9-15(14(2)26(13)19-7-6-16(33-3)11-20(19)27(31)32)10-18-21(28)24-23(30)25(22(18)29)12-17-5-4-8-34-17/h4-11H,12H2,1-3H3,(H,24,28,30). The number of nitro groups is 1. The third kappa shape index (κ3) is 3.94. The highest BCUT2D eigenvalue weighted by Crippen LogP contribution is 2.32. The van der Waals surface area contributed by atoms with Crippen LogP contribution in [0.5, 0.6) is 5.75 Å². The van der Waals surface area contributed by atoms with Gasteiger partial charge in [0.05, 0.1) is 30.9 Å². The maximum atomic E-state index is 13.0. The first kappa shape index (κ1) is 22.5. The van der Waals surface area contributed by atoms with E-state index in [0.717, 1.165) is 4.90 Å². The zero-order valence-electron chi connectivity index (χ0n) is 18.5. The molecule has 0 radical (unpaired) electrons. The lowest BCUT2D eigenvalue weighted by molar-refractivity contribution is -0.384. The Morgan fingerprint density at radius 3 is 2.59 bits per heavy atom. The summed E-state index contributed by atoms with van der Waals surface area (Å²) in [5.74, 6) is -0.885. The summed E-state index contributed by atoms with van der Waals surface area (Å²) in [4.78, 5) is 49.7. The van der Waals surface area contributed by atoms with Gasteiger partial charge in [-0.1, -0.05) is 0 Å². The predicted octanol–water partition coefficient (Wildman–Crippen LogP) is 3.27. The molecule has 1 N–H and O–H groups in total. The summed E-state index contributed by atoms with van der Waals surface area (Å²) in [6.45, 7) is 3.32. The first-order valence-corrected chi connectivity index (χ1v) is 10.1. The highest BCUT2D eigenvalue weighted by Gasteiger charge is 2.36. The van der Waals surface area contributed by atoms with Gasteiger partial charge in [0.2, 0.25) is 0 Å². The van der Waals surface area contributed by atoms with E-state index in [1.165, 1.54) is 25.5 Å². The molecule has 0 aliphatic carbocycles. The monoisotopic (exact) mass is 464 g/mol. The number of nitrogens with zero attached hydrogens (tertiary/aromatic N) is 3. The minimum Gasteiger partial charge on any atom is -0.496 e. The van der Waals surface area contributed by atoms with Gasteiger partial charge in [0.1, 0.15) is 22.8 Å². The molecule has 0 bridgehead atoms. The number of aromatic nitrogens is 1. The fourth-order valence-corrected chi connectivity index (χ4v) is 3.82. The molecule has 174 valence electrons. The number of hydrogen-bond donors (Lipinski definition) is 1. The maximum Gasteiger partial charge on any atom is 0.331 e. The number of barbiturate groups is 1. The summed E-state index contributed by atoms with van der Waals surface area (Å²) in [6, 6.07) is 8.58. The first-order chi connectivity index (χ1) is 16.2. The smallest absolute Gasteiger partial charge is 0.331 e. The minimum atomic E-state index is -0.845. The quantitative estimate of drug-likeness (QED) is 0.256. The SMILES string of the molecule is COc1ccc(-n2c(C)cc(C=C3C(=O)NC(=O)N(Cc4ccco4)C3=O)c2C)c([N+](=O)[O-])c1. The van der Waals surface area contributed by atoms with Gasteiger partial charge >= 0.3 is 6.03 Å². The number of nitro benzene ring substituents is 1. The number of carbonyl (C=O) groups is 3. The maximum absolute atomic E-state index is 13.0. The Morgan fingerprint density at radius 1 is 1.18 bits per heavy atom. The molecule has 0 unspecified atom stereocenters. The fourth-order valence-electron chi connectivity index (χ4n) is 3.82. The Balaban J connectivity index is 1.75. The number of methoxy groups -OCH3 is 1. The lowest BCUT2D eigenvalue weighted by Gasteiger charge is -2.25. The van der Waals surface area contributed by atoms with Crippen LogP contribution >= 0.6 is 0 Å². The van der Waals surface area contributed by atoms with Crippen molar-refractivity contribution in [3.63, 3.8) is 0 Å². The Kier molecular flexibility index (Phi) is 5.76. The lowest BCUT2D eigenvalue weighted by atomic mass is 10.1. The molecular formula is C23H20N4O7. The Hall–Kier alpha value is -4.67. The summed E-state index contributed by atoms with van der Waals surface area (Å²) in [6.07, 6.45) is 2.78. The molecule has 1 aromatic carbocycles. The van der Waals surface area contributed by atoms with Gasteiger partial charge in [-0.2, -0.15) is 0 Å². The zero-order valence-corrected chi connectivity index (χ0v) is 18.5. The molecule has 3 heterocycles. The van der Waals surface area contributed by atoms with Gasteiger partial charge < -0.3 is 13.7 Å². The van der Waals surface area contributed by atoms with Gasteiger partial charge in [-0.25, -0.2) is 4.79 Å². The third-order valence-electron chi connectivity index (χ3n) is 5.47. The number of hydrogen-bond acceptors (Lipinski definition) is 7. The van der Waals surface area contributed by atoms with E-state index in [1.54, 1.807) is 48.7 Å². The van der Waals surface area contributed by atoms with Gasteiger partial charge in [-0.15, -0.1) is 0 Å². The Morgan fingerprint density at radius 2 is 1.94 bits per heavy atom. The van der Waals surface area contributed by atoms with E-state index in [4.69, 9.17) is 9.15 Å². The number of urea groups is 1. The number of furan rings is 1. The van der Waals surface area contributed by atoms with Crippen LogP contribution in [0.4, 0.5) is 10.5 Å². The summed E-state index contributed by atoms with van der Waals surface area (Å²) in [7, 11) is 1.42. The van der Waals surface area contributed by atoms with Crippen molar-refractivity contribution in [2.75, 3.05) is 7.11 Å². The number of rotatable bonds is 6. The van der Waals surface area contributed by atoms with Crippen molar-refractivity contribution in [3.8, 4) is 11.4 Å². The van der Waals surface area contributed by atoms with Crippen molar-refractivity contribution >= 4 is 29.6 Å². The Bertz CT molecular complexity index is 1350. The van der Waals surface area contributed by atoms with Gasteiger partial charge in [-0.3, -0.25) is 29.9 Å². The number of aryl methyl sites for hydroxylation is 1. The number of amides is 4. The molecule has 1 saturated heterocycles. The summed E-state index contributed by atoms with van der Waals surface area (Å²) >= 11 is 0. The fraction of sp³-hybridized carbons (Fsp3) is 0.174. The second-order valence-corrected chi connectivity index (χ2v) is 7.56. The number of ether oxygens (including phenoxy) is 1. The molecule has 34 heavy (non-hydrogen) atoms. The van der Waals surface area contributed by atoms with Crippen LogP contribution < -0.4 is 10.1 Å². The van der Waals surface area contributed by atoms with Crippen LogP contribution in [0.3, 0.4) is 0 Å². The van der Waals surface area contributed by atoms with E-state index in [9.17, 15) is 24.5 Å². The van der Waals surface area contributed by atoms with E-state index in [1.807, 2.05) is 0 Å². The summed E-state index contributed by atoms with van der Waals surface area (Å²) < 4.78 is 12.0. The van der Waals surface area contributed by atoms with Crippen LogP contribution in [0, 0.1) is 24.0 Å². The average molecular weight is 464 g/mol. The molecule has 0 spiro atoms. The number of imide groups is 2. The molecule has 3 aromatic rings. The molecule has 11 nitrogen and oxygen atoms in total. The summed E-state index contributed by atoms with van der Waals surface area (Å²) in [5.41, 5.74) is 1.60. The number of carbonyl (C=O) groups excluding carboxylic acids is 3. The van der Waals surface area contributed by atoms with Crippen LogP contribution in [0.1, 0.15) is 22.7 Å². The first-order valence-electron chi connectivity index (χ1n) is 10.1. The van der Waals surface area contributed by atoms with Gasteiger partial charge in [0.15, 0.2) is 0 Å². The molecule has 11 heteroatoms. The van der Waals surface area contributed by atoms with E-state index < -0.39 is 22.8 Å². The second kappa shape index (κ2) is 8.70. The van der Waals surface area contributed by atoms with E-state index in [2.05, 4.69) is 5.32 Å². The molecule has 1 aliphatic heterocycles. The largest absolute Gasteiger partial charge is 0.496 e. The van der Waals surface area contributed by atoms with Gasteiger partial charge in [-0.05, 0) is 55.8 Å². The molecule has 0 atom stereocenters. The van der Waals surface area contributed by atoms with Crippen LogP contribution in [0.2, 0.25) is 0 Å². The van der Waals surface area contributed by atoms with Crippen molar-refractivity contribution in [1.82, 2.24) is 14.8 Å². The third-order valence-corrected chi connectivity index (χ3v) is 5.47. The zero-order chi connectivity index (χ0) is 24.6. The number of benzene rings is 1. The number of nitrogens with one attached hydrogen (secondary N) is 1. The lowest BCUT2D eigenvalue weighted by Crippen LogP contribution is -2.53. The Labute approximate surface area is 193 Å². The summed E-state index contributed by atoms with van der Waals surface area (Å²) in [5, 5.41) is 13.8. The van der Waals surface area contributed by atoms with Crippen LogP contribution in [-0.4, -0.2) is 39.3 Å². The highest BCUT2D eigenvalue weighted by atomic mass is 16.6. The second-order valence-electron chi connectivity index (χ2n) is 7.56. The minimum absolute atomic E-state index is 0.140. The van der Waals surface area contributed by atoms with E-state index in [0.29, 0.717) is 34.1 Å². The molecule has 1 fully saturated rings. The van der Waals surface area contributed by atoms with Crippen LogP contribution in [0.15, 0.2) is 52.7 Å². The van der Waals surface area contributed by atoms with E-state index in [-0.39, 0.29) is 17.8 Å². The van der Waals surface area contributed by atoms with Crippen LogP contribution in [0.25, 0.3) is 11.8 Å². The van der Waals surface area contributed by atoms with Crippen molar-refractivity contribution in [2.24, 2.45) is 0 Å². The van der Waals surface area contributed by atoms with Crippen molar-refractivity contribution in [3.05, 3.63) is 81.1 Å². The van der Waals surface area contributed by atoms with Crippen molar-refractivity contribution < 1.29 is 28.5 Å². The molecular weight excluding hydrogens is 444 g/mol.